The summed E-state index contributed by atoms with van der Waals surface area (Å²) < 4.78 is 23.6. The summed E-state index contributed by atoms with van der Waals surface area (Å²) in [6.07, 6.45) is 4.36. The van der Waals surface area contributed by atoms with E-state index in [1.54, 1.807) is 0 Å². The number of carbonyl (C=O) groups is 1. The number of rotatable bonds is 5. The Hall–Kier alpha value is -0.500. The molecule has 0 aliphatic heterocycles. The average molecular weight is 337 g/mol. The minimum Gasteiger partial charge on any atom is -0.322 e. The van der Waals surface area contributed by atoms with Crippen LogP contribution in [-0.2, 0) is 14.6 Å². The van der Waals surface area contributed by atoms with Gasteiger partial charge in [-0.05, 0) is 12.2 Å². The second-order valence-corrected chi connectivity index (χ2v) is 7.20. The Balaban J connectivity index is 3.20. The zero-order chi connectivity index (χ0) is 14.0. The Bertz CT molecular complexity index is 498. The molecule has 0 saturated heterocycles. The van der Waals surface area contributed by atoms with Crippen LogP contribution >= 0.6 is 15.9 Å². The first-order valence-corrected chi connectivity index (χ1v) is 8.33. The van der Waals surface area contributed by atoms with Gasteiger partial charge in [-0.3, -0.25) is 4.79 Å². The molecule has 0 radical (unpaired) electrons. The van der Waals surface area contributed by atoms with Crippen LogP contribution < -0.4 is 11.5 Å². The molecular formula is C11H17BrN2O3S. The van der Waals surface area contributed by atoms with Gasteiger partial charge in [0.1, 0.15) is 5.54 Å². The number of halogens is 1. The normalized spacial score (nSPS) is 28.0. The van der Waals surface area contributed by atoms with Crippen LogP contribution in [0, 0.1) is 0 Å². The Kier molecular flexibility index (Phi) is 4.88. The third-order valence-corrected chi connectivity index (χ3v) is 5.07. The summed E-state index contributed by atoms with van der Waals surface area (Å²) in [4.78, 5) is 12.0. The highest BCUT2D eigenvalue weighted by Crippen LogP contribution is 2.24. The van der Waals surface area contributed by atoms with Crippen LogP contribution in [-0.4, -0.2) is 36.9 Å². The Labute approximate surface area is 115 Å². The minimum absolute atomic E-state index is 0.0405. The van der Waals surface area contributed by atoms with E-state index in [0.29, 0.717) is 5.33 Å². The van der Waals surface area contributed by atoms with E-state index in [2.05, 4.69) is 15.9 Å². The quantitative estimate of drug-likeness (QED) is 0.700. The van der Waals surface area contributed by atoms with Crippen LogP contribution in [0.15, 0.2) is 23.1 Å². The summed E-state index contributed by atoms with van der Waals surface area (Å²) in [5.41, 5.74) is 10.3. The van der Waals surface area contributed by atoms with Crippen LogP contribution in [0.3, 0.4) is 0 Å². The zero-order valence-electron chi connectivity index (χ0n) is 10.1. The molecule has 0 bridgehead atoms. The van der Waals surface area contributed by atoms with Gasteiger partial charge in [0.05, 0.1) is 16.7 Å². The molecule has 102 valence electrons. The molecule has 0 amide bonds. The highest BCUT2D eigenvalue weighted by atomic mass is 79.9. The lowest BCUT2D eigenvalue weighted by Crippen LogP contribution is -2.60. The summed E-state index contributed by atoms with van der Waals surface area (Å²) in [5, 5.41) is 0.463. The Morgan fingerprint density at radius 1 is 1.56 bits per heavy atom. The van der Waals surface area contributed by atoms with Crippen molar-refractivity contribution >= 4 is 31.6 Å². The molecule has 4 N–H and O–H groups in total. The van der Waals surface area contributed by atoms with Crippen molar-refractivity contribution in [3.05, 3.63) is 23.1 Å². The number of sulfone groups is 1. The zero-order valence-corrected chi connectivity index (χ0v) is 12.5. The third-order valence-electron chi connectivity index (χ3n) is 2.94. The highest BCUT2D eigenvalue weighted by Gasteiger charge is 2.39. The molecule has 1 aliphatic carbocycles. The molecular weight excluding hydrogens is 320 g/mol. The largest absolute Gasteiger partial charge is 0.322 e. The van der Waals surface area contributed by atoms with Gasteiger partial charge < -0.3 is 11.5 Å². The van der Waals surface area contributed by atoms with Gasteiger partial charge in [0.15, 0.2) is 15.6 Å². The first-order valence-electron chi connectivity index (χ1n) is 5.55. The van der Waals surface area contributed by atoms with Crippen molar-refractivity contribution in [2.75, 3.05) is 11.1 Å². The van der Waals surface area contributed by atoms with Gasteiger partial charge in [0, 0.05) is 11.8 Å². The van der Waals surface area contributed by atoms with Crippen molar-refractivity contribution in [2.24, 2.45) is 11.5 Å². The molecule has 0 heterocycles. The molecule has 0 aromatic heterocycles. The van der Waals surface area contributed by atoms with Crippen LogP contribution in [0.1, 0.15) is 13.3 Å². The van der Waals surface area contributed by atoms with E-state index in [-0.39, 0.29) is 22.9 Å². The van der Waals surface area contributed by atoms with Gasteiger partial charge >= 0.3 is 0 Å². The molecule has 18 heavy (non-hydrogen) atoms. The van der Waals surface area contributed by atoms with E-state index in [9.17, 15) is 13.2 Å². The molecule has 1 rings (SSSR count). The molecule has 7 heteroatoms. The number of carbonyl (C=O) groups excluding carboxylic acids is 1. The van der Waals surface area contributed by atoms with Gasteiger partial charge in [-0.1, -0.05) is 28.9 Å². The highest BCUT2D eigenvalue weighted by molar-refractivity contribution is 9.09. The van der Waals surface area contributed by atoms with E-state index in [1.807, 2.05) is 0 Å². The smallest absolute Gasteiger partial charge is 0.177 e. The number of allylic oxidation sites excluding steroid dienone is 1. The Morgan fingerprint density at radius 2 is 2.17 bits per heavy atom. The standard InChI is InChI=1S/C11H17BrN2O3S/c1-2-18(16,17)8-3-4-9(13)11(14,7-8)10(15)5-6-12/h3-4,7,9H,2,5-6,13-14H2,1H3. The third kappa shape index (κ3) is 2.90. The van der Waals surface area contributed by atoms with Crippen molar-refractivity contribution in [1.82, 2.24) is 0 Å². The van der Waals surface area contributed by atoms with Crippen LogP contribution in [0.5, 0.6) is 0 Å². The summed E-state index contributed by atoms with van der Waals surface area (Å²) in [7, 11) is -3.39. The van der Waals surface area contributed by atoms with Crippen LogP contribution in [0.25, 0.3) is 0 Å². The number of hydrogen-bond donors (Lipinski definition) is 2. The second kappa shape index (κ2) is 5.64. The molecule has 2 atom stereocenters. The van der Waals surface area contributed by atoms with Crippen molar-refractivity contribution in [3.63, 3.8) is 0 Å². The lowest BCUT2D eigenvalue weighted by Gasteiger charge is -2.32. The van der Waals surface area contributed by atoms with E-state index in [0.717, 1.165) is 0 Å². The first-order chi connectivity index (χ1) is 8.28. The lowest BCUT2D eigenvalue weighted by molar-refractivity contribution is -0.122. The summed E-state index contributed by atoms with van der Waals surface area (Å²) in [6, 6.07) is -0.708. The van der Waals surface area contributed by atoms with Gasteiger partial charge in [-0.15, -0.1) is 0 Å². The topological polar surface area (TPSA) is 103 Å². The predicted octanol–water partition coefficient (Wildman–Crippen LogP) is 0.254. The minimum atomic E-state index is -3.39. The molecule has 0 aromatic carbocycles. The SMILES string of the molecule is CCS(=O)(=O)C1=CC(N)(C(=O)CCBr)C(N)C=C1. The van der Waals surface area contributed by atoms with Crippen LogP contribution in [0.4, 0.5) is 0 Å². The van der Waals surface area contributed by atoms with Gasteiger partial charge in [-0.2, -0.15) is 0 Å². The maximum Gasteiger partial charge on any atom is 0.177 e. The van der Waals surface area contributed by atoms with Crippen molar-refractivity contribution in [2.45, 2.75) is 24.9 Å². The maximum absolute atomic E-state index is 12.0. The summed E-state index contributed by atoms with van der Waals surface area (Å²) in [5.74, 6) is -0.318. The van der Waals surface area contributed by atoms with Gasteiger partial charge in [0.2, 0.25) is 0 Å². The fourth-order valence-electron chi connectivity index (χ4n) is 1.67. The number of hydrogen-bond acceptors (Lipinski definition) is 5. The van der Waals surface area contributed by atoms with E-state index in [1.165, 1.54) is 25.2 Å². The maximum atomic E-state index is 12.0. The first kappa shape index (κ1) is 15.6. The monoisotopic (exact) mass is 336 g/mol. The molecule has 0 fully saturated rings. The molecule has 0 aromatic rings. The predicted molar refractivity (Wildman–Crippen MR) is 75.0 cm³/mol. The Morgan fingerprint density at radius 3 is 2.67 bits per heavy atom. The summed E-state index contributed by atoms with van der Waals surface area (Å²) in [6.45, 7) is 1.54. The second-order valence-electron chi connectivity index (χ2n) is 4.13. The molecule has 1 aliphatic rings. The number of Topliss-reactive ketones (excluding diaryl/α,β-unsaturated/α-hetero) is 1. The van der Waals surface area contributed by atoms with E-state index < -0.39 is 21.4 Å². The van der Waals surface area contributed by atoms with Crippen molar-refractivity contribution < 1.29 is 13.2 Å². The fraction of sp³-hybridized carbons (Fsp3) is 0.545. The molecule has 0 saturated carbocycles. The van der Waals surface area contributed by atoms with Crippen molar-refractivity contribution in [3.8, 4) is 0 Å². The van der Waals surface area contributed by atoms with Crippen molar-refractivity contribution in [1.29, 1.82) is 0 Å². The number of alkyl halides is 1. The average Bonchev–Trinajstić information content (AvgIpc) is 2.32. The number of ketones is 1. The summed E-state index contributed by atoms with van der Waals surface area (Å²) >= 11 is 3.15. The van der Waals surface area contributed by atoms with Gasteiger partial charge in [-0.25, -0.2) is 8.42 Å². The number of nitrogens with two attached hydrogens (primary N) is 2. The lowest BCUT2D eigenvalue weighted by atomic mass is 9.83. The van der Waals surface area contributed by atoms with E-state index >= 15 is 0 Å². The van der Waals surface area contributed by atoms with E-state index in [4.69, 9.17) is 11.5 Å². The van der Waals surface area contributed by atoms with Gasteiger partial charge in [0.25, 0.3) is 0 Å². The fourth-order valence-corrected chi connectivity index (χ4v) is 3.02. The molecule has 2 unspecified atom stereocenters. The molecule has 5 nitrogen and oxygen atoms in total. The van der Waals surface area contributed by atoms with Crippen LogP contribution in [0.2, 0.25) is 0 Å². The molecule has 0 spiro atoms.